The zero-order valence-electron chi connectivity index (χ0n) is 19.3. The maximum atomic E-state index is 13.7. The number of benzene rings is 3. The van der Waals surface area contributed by atoms with Crippen LogP contribution in [0.1, 0.15) is 38.8 Å². The van der Waals surface area contributed by atoms with Gasteiger partial charge in [-0.05, 0) is 48.4 Å². The van der Waals surface area contributed by atoms with E-state index in [0.717, 1.165) is 11.1 Å². The molecule has 0 atom stereocenters. The molecule has 35 heavy (non-hydrogen) atoms. The van der Waals surface area contributed by atoms with Crippen molar-refractivity contribution >= 4 is 33.5 Å². The molecule has 0 aliphatic carbocycles. The van der Waals surface area contributed by atoms with Crippen molar-refractivity contribution in [1.29, 1.82) is 0 Å². The number of amides is 1. The predicted molar refractivity (Wildman–Crippen MR) is 132 cm³/mol. The molecule has 3 aromatic rings. The molecule has 3 aromatic carbocycles. The Bertz CT molecular complexity index is 1380. The number of esters is 1. The molecule has 0 fully saturated rings. The third-order valence-corrected chi connectivity index (χ3v) is 7.51. The quantitative estimate of drug-likeness (QED) is 0.340. The highest BCUT2D eigenvalue weighted by atomic mass is 32.2. The Labute approximate surface area is 204 Å². The predicted octanol–water partition coefficient (Wildman–Crippen LogP) is 4.52. The number of nitrogens with zero attached hydrogens (tertiary/aromatic N) is 1. The van der Waals surface area contributed by atoms with Gasteiger partial charge in [-0.25, -0.2) is 13.2 Å². The fraction of sp³-hybridized carbons (Fsp3) is 0.185. The minimum Gasteiger partial charge on any atom is -0.460 e. The van der Waals surface area contributed by atoms with Crippen LogP contribution in [0.25, 0.3) is 6.08 Å². The smallest absolute Gasteiger partial charge is 0.338 e. The first-order chi connectivity index (χ1) is 16.9. The van der Waals surface area contributed by atoms with E-state index in [4.69, 9.17) is 9.47 Å². The maximum absolute atomic E-state index is 13.7. The molecule has 4 rings (SSSR count). The Morgan fingerprint density at radius 1 is 1.00 bits per heavy atom. The molecule has 0 saturated carbocycles. The normalized spacial score (nSPS) is 14.0. The lowest BCUT2D eigenvalue weighted by atomic mass is 10.1. The van der Waals surface area contributed by atoms with Gasteiger partial charge in [0.05, 0.1) is 39.8 Å². The van der Waals surface area contributed by atoms with Crippen molar-refractivity contribution < 1.29 is 27.5 Å². The molecule has 0 N–H and O–H groups in total. The molecule has 0 radical (unpaired) electrons. The first kappa shape index (κ1) is 24.4. The molecule has 1 heterocycles. The number of carbonyl (C=O) groups is 2. The SMILES string of the molecule is C=Cc1ccc(CN2C(=O)c3ccccc3S(=O)(=O)c3ccc(C(=O)OCCOCC)cc32)cc1. The molecular weight excluding hydrogens is 466 g/mol. The third-order valence-electron chi connectivity index (χ3n) is 5.65. The van der Waals surface area contributed by atoms with E-state index in [9.17, 15) is 18.0 Å². The molecule has 1 aliphatic heterocycles. The fourth-order valence-electron chi connectivity index (χ4n) is 3.85. The summed E-state index contributed by atoms with van der Waals surface area (Å²) in [7, 11) is -4.02. The Hall–Kier alpha value is -3.75. The summed E-state index contributed by atoms with van der Waals surface area (Å²) >= 11 is 0. The van der Waals surface area contributed by atoms with E-state index in [1.807, 2.05) is 31.2 Å². The molecule has 8 heteroatoms. The van der Waals surface area contributed by atoms with Crippen LogP contribution in [0.2, 0.25) is 0 Å². The topological polar surface area (TPSA) is 90.0 Å². The molecule has 0 saturated heterocycles. The molecule has 0 unspecified atom stereocenters. The maximum Gasteiger partial charge on any atom is 0.338 e. The standard InChI is InChI=1S/C27H25NO6S/c1-3-19-9-11-20(12-10-19)18-28-23-17-21(27(30)34-16-15-33-4-2)13-14-25(23)35(31,32)24-8-6-5-7-22(24)26(28)29/h3,5-14,17H,1,4,15-16,18H2,2H3. The van der Waals surface area contributed by atoms with Crippen LogP contribution in [-0.4, -0.2) is 40.1 Å². The summed E-state index contributed by atoms with van der Waals surface area (Å²) in [6.45, 7) is 6.50. The van der Waals surface area contributed by atoms with E-state index in [-0.39, 0.29) is 46.4 Å². The summed E-state index contributed by atoms with van der Waals surface area (Å²) in [5.41, 5.74) is 2.05. The first-order valence-electron chi connectivity index (χ1n) is 11.1. The molecule has 1 aliphatic rings. The number of carbonyl (C=O) groups excluding carboxylic acids is 2. The van der Waals surface area contributed by atoms with E-state index in [1.54, 1.807) is 18.2 Å². The van der Waals surface area contributed by atoms with Crippen LogP contribution in [-0.2, 0) is 25.9 Å². The second-order valence-electron chi connectivity index (χ2n) is 7.85. The minimum absolute atomic E-state index is 0.0515. The van der Waals surface area contributed by atoms with Crippen LogP contribution in [0, 0.1) is 0 Å². The van der Waals surface area contributed by atoms with Crippen molar-refractivity contribution in [2.45, 2.75) is 23.3 Å². The summed E-state index contributed by atoms with van der Waals surface area (Å²) in [4.78, 5) is 27.6. The molecular formula is C27H25NO6S. The summed E-state index contributed by atoms with van der Waals surface area (Å²) in [6, 6.07) is 17.7. The second-order valence-corrected chi connectivity index (χ2v) is 9.74. The highest BCUT2D eigenvalue weighted by Gasteiger charge is 2.36. The summed E-state index contributed by atoms with van der Waals surface area (Å²) in [6.07, 6.45) is 1.71. The first-order valence-corrected chi connectivity index (χ1v) is 12.6. The van der Waals surface area contributed by atoms with Gasteiger partial charge in [0.2, 0.25) is 9.84 Å². The number of hydrogen-bond acceptors (Lipinski definition) is 6. The number of rotatable bonds is 8. The van der Waals surface area contributed by atoms with E-state index < -0.39 is 21.7 Å². The van der Waals surface area contributed by atoms with Gasteiger partial charge in [0.15, 0.2) is 0 Å². The monoisotopic (exact) mass is 491 g/mol. The van der Waals surface area contributed by atoms with Gasteiger partial charge in [-0.15, -0.1) is 0 Å². The van der Waals surface area contributed by atoms with Gasteiger partial charge < -0.3 is 14.4 Å². The lowest BCUT2D eigenvalue weighted by Gasteiger charge is -2.23. The van der Waals surface area contributed by atoms with Gasteiger partial charge in [0, 0.05) is 6.61 Å². The summed E-state index contributed by atoms with van der Waals surface area (Å²) in [5, 5.41) is 0. The van der Waals surface area contributed by atoms with E-state index in [0.29, 0.717) is 6.61 Å². The van der Waals surface area contributed by atoms with E-state index in [1.165, 1.54) is 35.2 Å². The second kappa shape index (κ2) is 10.2. The van der Waals surface area contributed by atoms with Gasteiger partial charge in [-0.1, -0.05) is 49.1 Å². The van der Waals surface area contributed by atoms with E-state index >= 15 is 0 Å². The minimum atomic E-state index is -4.02. The molecule has 0 bridgehead atoms. The van der Waals surface area contributed by atoms with Crippen LogP contribution in [0.3, 0.4) is 0 Å². The Morgan fingerprint density at radius 3 is 2.46 bits per heavy atom. The van der Waals surface area contributed by atoms with Gasteiger partial charge in [-0.2, -0.15) is 0 Å². The van der Waals surface area contributed by atoms with Gasteiger partial charge in [0.25, 0.3) is 5.91 Å². The lowest BCUT2D eigenvalue weighted by Crippen LogP contribution is -2.30. The van der Waals surface area contributed by atoms with Crippen molar-refractivity contribution in [2.24, 2.45) is 0 Å². The van der Waals surface area contributed by atoms with Crippen molar-refractivity contribution in [1.82, 2.24) is 0 Å². The number of ether oxygens (including phenoxy) is 2. The molecule has 0 spiro atoms. The number of fused-ring (bicyclic) bond motifs is 2. The Balaban J connectivity index is 1.81. The average molecular weight is 492 g/mol. The zero-order chi connectivity index (χ0) is 25.0. The van der Waals surface area contributed by atoms with Crippen molar-refractivity contribution in [3.63, 3.8) is 0 Å². The summed E-state index contributed by atoms with van der Waals surface area (Å²) < 4.78 is 37.5. The molecule has 1 amide bonds. The Morgan fingerprint density at radius 2 is 1.74 bits per heavy atom. The van der Waals surface area contributed by atoms with Crippen molar-refractivity contribution in [3.8, 4) is 0 Å². The van der Waals surface area contributed by atoms with E-state index in [2.05, 4.69) is 6.58 Å². The summed E-state index contributed by atoms with van der Waals surface area (Å²) in [5.74, 6) is -1.10. The van der Waals surface area contributed by atoms with Crippen LogP contribution in [0.15, 0.2) is 83.1 Å². The van der Waals surface area contributed by atoms with Gasteiger partial charge in [0.1, 0.15) is 6.61 Å². The van der Waals surface area contributed by atoms with Crippen molar-refractivity contribution in [2.75, 3.05) is 24.7 Å². The number of sulfone groups is 1. The molecule has 7 nitrogen and oxygen atoms in total. The fourth-order valence-corrected chi connectivity index (χ4v) is 5.48. The van der Waals surface area contributed by atoms with Crippen LogP contribution in [0.5, 0.6) is 0 Å². The highest BCUT2D eigenvalue weighted by molar-refractivity contribution is 7.91. The zero-order valence-corrected chi connectivity index (χ0v) is 20.1. The van der Waals surface area contributed by atoms with Gasteiger partial charge >= 0.3 is 5.97 Å². The number of hydrogen-bond donors (Lipinski definition) is 0. The van der Waals surface area contributed by atoms with Crippen molar-refractivity contribution in [3.05, 3.63) is 95.6 Å². The van der Waals surface area contributed by atoms with Crippen LogP contribution < -0.4 is 4.90 Å². The molecule has 180 valence electrons. The van der Waals surface area contributed by atoms with Gasteiger partial charge in [-0.3, -0.25) is 4.79 Å². The van der Waals surface area contributed by atoms with Crippen LogP contribution in [0.4, 0.5) is 5.69 Å². The lowest BCUT2D eigenvalue weighted by molar-refractivity contribution is 0.0335. The number of anilines is 1. The molecule has 0 aromatic heterocycles. The van der Waals surface area contributed by atoms with Crippen LogP contribution >= 0.6 is 0 Å². The average Bonchev–Trinajstić information content (AvgIpc) is 2.95. The highest BCUT2D eigenvalue weighted by Crippen LogP contribution is 2.38. The third kappa shape index (κ3) is 4.89. The Kier molecular flexibility index (Phi) is 7.14. The largest absolute Gasteiger partial charge is 0.460 e.